The van der Waals surface area contributed by atoms with Crippen molar-refractivity contribution in [2.24, 2.45) is 0 Å². The number of carbonyl (C=O) groups excluding carboxylic acids is 1. The van der Waals surface area contributed by atoms with E-state index in [9.17, 15) is 4.79 Å². The molecule has 4 nitrogen and oxygen atoms in total. The van der Waals surface area contributed by atoms with E-state index in [1.54, 1.807) is 12.1 Å². The maximum atomic E-state index is 11.8. The molecule has 0 aliphatic carbocycles. The van der Waals surface area contributed by atoms with E-state index in [0.29, 0.717) is 28.1 Å². The number of methoxy groups -OCH3 is 2. The summed E-state index contributed by atoms with van der Waals surface area (Å²) in [6, 6.07) is 13.1. The van der Waals surface area contributed by atoms with Crippen LogP contribution in [-0.4, -0.2) is 20.2 Å². The predicted octanol–water partition coefficient (Wildman–Crippen LogP) is 3.82. The number of esters is 1. The molecule has 0 aromatic heterocycles. The van der Waals surface area contributed by atoms with Gasteiger partial charge in [-0.1, -0.05) is 30.3 Å². The number of halogens is 1. The largest absolute Gasteiger partial charge is 0.497 e. The highest BCUT2D eigenvalue weighted by Gasteiger charge is 2.17. The number of carbonyl (C=O) groups is 1. The van der Waals surface area contributed by atoms with E-state index in [1.165, 1.54) is 14.2 Å². The molecule has 110 valence electrons. The average Bonchev–Trinajstić information content (AvgIpc) is 2.54. The minimum Gasteiger partial charge on any atom is -0.497 e. The molecule has 0 aliphatic heterocycles. The molecular formula is C16H15BrO4. The number of hydrogen-bond donors (Lipinski definition) is 0. The van der Waals surface area contributed by atoms with Crippen molar-refractivity contribution in [2.75, 3.05) is 14.2 Å². The van der Waals surface area contributed by atoms with Crippen molar-refractivity contribution in [3.63, 3.8) is 0 Å². The van der Waals surface area contributed by atoms with E-state index in [0.717, 1.165) is 5.56 Å². The molecule has 0 aliphatic rings. The van der Waals surface area contributed by atoms with Gasteiger partial charge in [0.2, 0.25) is 0 Å². The molecule has 0 spiro atoms. The zero-order valence-corrected chi connectivity index (χ0v) is 13.3. The summed E-state index contributed by atoms with van der Waals surface area (Å²) in [5, 5.41) is 0. The molecule has 21 heavy (non-hydrogen) atoms. The van der Waals surface area contributed by atoms with Crippen LogP contribution in [0.3, 0.4) is 0 Å². The van der Waals surface area contributed by atoms with Crippen LogP contribution >= 0.6 is 15.9 Å². The summed E-state index contributed by atoms with van der Waals surface area (Å²) < 4.78 is 16.3. The van der Waals surface area contributed by atoms with E-state index in [1.807, 2.05) is 30.3 Å². The van der Waals surface area contributed by atoms with Crippen LogP contribution in [0.25, 0.3) is 0 Å². The average molecular weight is 351 g/mol. The SMILES string of the molecule is COC(=O)c1cc(OC)cc(OCc2ccccc2)c1Br. The van der Waals surface area contributed by atoms with Crippen LogP contribution in [-0.2, 0) is 11.3 Å². The summed E-state index contributed by atoms with van der Waals surface area (Å²) in [5.41, 5.74) is 1.40. The Kier molecular flexibility index (Phi) is 5.22. The number of benzene rings is 2. The highest BCUT2D eigenvalue weighted by atomic mass is 79.9. The Balaban J connectivity index is 2.27. The van der Waals surface area contributed by atoms with Crippen LogP contribution in [0.4, 0.5) is 0 Å². The van der Waals surface area contributed by atoms with Crippen molar-refractivity contribution < 1.29 is 19.0 Å². The summed E-state index contributed by atoms with van der Waals surface area (Å²) in [4.78, 5) is 11.8. The molecule has 0 fully saturated rings. The van der Waals surface area contributed by atoms with E-state index in [2.05, 4.69) is 15.9 Å². The minimum atomic E-state index is -0.453. The van der Waals surface area contributed by atoms with Gasteiger partial charge in [-0.2, -0.15) is 0 Å². The lowest BCUT2D eigenvalue weighted by Crippen LogP contribution is -2.05. The third-order valence-electron chi connectivity index (χ3n) is 2.89. The lowest BCUT2D eigenvalue weighted by molar-refractivity contribution is 0.0598. The smallest absolute Gasteiger partial charge is 0.339 e. The number of rotatable bonds is 5. The molecule has 5 heteroatoms. The minimum absolute atomic E-state index is 0.361. The van der Waals surface area contributed by atoms with Crippen LogP contribution in [0.5, 0.6) is 11.5 Å². The zero-order valence-electron chi connectivity index (χ0n) is 11.8. The first kappa shape index (κ1) is 15.4. The van der Waals surface area contributed by atoms with Crippen molar-refractivity contribution in [1.29, 1.82) is 0 Å². The molecule has 0 heterocycles. The van der Waals surface area contributed by atoms with Gasteiger partial charge >= 0.3 is 5.97 Å². The summed E-state index contributed by atoms with van der Waals surface area (Å²) in [6.45, 7) is 0.396. The van der Waals surface area contributed by atoms with Gasteiger partial charge in [0.05, 0.1) is 24.3 Å². The molecule has 2 aromatic carbocycles. The first-order valence-electron chi connectivity index (χ1n) is 6.28. The van der Waals surface area contributed by atoms with Gasteiger partial charge in [0.1, 0.15) is 18.1 Å². The summed E-state index contributed by atoms with van der Waals surface area (Å²) >= 11 is 3.38. The predicted molar refractivity (Wildman–Crippen MR) is 82.8 cm³/mol. The molecule has 0 radical (unpaired) electrons. The van der Waals surface area contributed by atoms with Crippen LogP contribution in [0, 0.1) is 0 Å². The van der Waals surface area contributed by atoms with Gasteiger partial charge in [-0.05, 0) is 27.6 Å². The molecule has 2 rings (SSSR count). The van der Waals surface area contributed by atoms with Gasteiger partial charge in [-0.25, -0.2) is 4.79 Å². The fraction of sp³-hybridized carbons (Fsp3) is 0.188. The molecule has 0 N–H and O–H groups in total. The highest BCUT2D eigenvalue weighted by molar-refractivity contribution is 9.10. The van der Waals surface area contributed by atoms with Gasteiger partial charge in [-0.3, -0.25) is 0 Å². The molecule has 0 atom stereocenters. The summed E-state index contributed by atoms with van der Waals surface area (Å²) in [7, 11) is 2.87. The first-order chi connectivity index (χ1) is 10.2. The fourth-order valence-corrected chi connectivity index (χ4v) is 2.29. The Morgan fingerprint density at radius 2 is 1.86 bits per heavy atom. The maximum absolute atomic E-state index is 11.8. The molecular weight excluding hydrogens is 336 g/mol. The normalized spacial score (nSPS) is 10.0. The third-order valence-corrected chi connectivity index (χ3v) is 3.71. The number of ether oxygens (including phenoxy) is 3. The Morgan fingerprint density at radius 1 is 1.14 bits per heavy atom. The molecule has 0 bridgehead atoms. The molecule has 0 unspecified atom stereocenters. The van der Waals surface area contributed by atoms with Gasteiger partial charge in [0.15, 0.2) is 0 Å². The second-order valence-electron chi connectivity index (χ2n) is 4.25. The Bertz CT molecular complexity index is 626. The second-order valence-corrected chi connectivity index (χ2v) is 5.05. The second kappa shape index (κ2) is 7.13. The van der Waals surface area contributed by atoms with Crippen molar-refractivity contribution in [3.8, 4) is 11.5 Å². The number of hydrogen-bond acceptors (Lipinski definition) is 4. The van der Waals surface area contributed by atoms with E-state index >= 15 is 0 Å². The van der Waals surface area contributed by atoms with Crippen molar-refractivity contribution in [1.82, 2.24) is 0 Å². The highest BCUT2D eigenvalue weighted by Crippen LogP contribution is 2.34. The van der Waals surface area contributed by atoms with Gasteiger partial charge in [0.25, 0.3) is 0 Å². The fourth-order valence-electron chi connectivity index (χ4n) is 1.79. The van der Waals surface area contributed by atoms with Crippen LogP contribution in [0.1, 0.15) is 15.9 Å². The molecule has 2 aromatic rings. The van der Waals surface area contributed by atoms with Crippen molar-refractivity contribution in [2.45, 2.75) is 6.61 Å². The molecule has 0 amide bonds. The standard InChI is InChI=1S/C16H15BrO4/c1-19-12-8-13(16(18)20-2)15(17)14(9-12)21-10-11-6-4-3-5-7-11/h3-9H,10H2,1-2H3. The van der Waals surface area contributed by atoms with Crippen molar-refractivity contribution >= 4 is 21.9 Å². The van der Waals surface area contributed by atoms with Crippen LogP contribution in [0.2, 0.25) is 0 Å². The van der Waals surface area contributed by atoms with Crippen LogP contribution in [0.15, 0.2) is 46.9 Å². The molecule has 0 saturated carbocycles. The Hall–Kier alpha value is -2.01. The summed E-state index contributed by atoms with van der Waals surface area (Å²) in [5.74, 6) is 0.602. The Morgan fingerprint density at radius 3 is 2.48 bits per heavy atom. The van der Waals surface area contributed by atoms with Crippen molar-refractivity contribution in [3.05, 3.63) is 58.1 Å². The lowest BCUT2D eigenvalue weighted by atomic mass is 10.2. The van der Waals surface area contributed by atoms with Gasteiger partial charge < -0.3 is 14.2 Å². The van der Waals surface area contributed by atoms with Gasteiger partial charge in [-0.15, -0.1) is 0 Å². The topological polar surface area (TPSA) is 44.8 Å². The van der Waals surface area contributed by atoms with E-state index in [-0.39, 0.29) is 0 Å². The quantitative estimate of drug-likeness (QED) is 0.769. The first-order valence-corrected chi connectivity index (χ1v) is 7.07. The zero-order chi connectivity index (χ0) is 15.2. The van der Waals surface area contributed by atoms with Crippen LogP contribution < -0.4 is 9.47 Å². The van der Waals surface area contributed by atoms with E-state index < -0.39 is 5.97 Å². The Labute approximate surface area is 131 Å². The monoisotopic (exact) mass is 350 g/mol. The maximum Gasteiger partial charge on any atom is 0.339 e. The third kappa shape index (κ3) is 3.76. The van der Waals surface area contributed by atoms with Gasteiger partial charge in [0, 0.05) is 6.07 Å². The lowest BCUT2D eigenvalue weighted by Gasteiger charge is -2.13. The van der Waals surface area contributed by atoms with E-state index in [4.69, 9.17) is 14.2 Å². The molecule has 0 saturated heterocycles. The summed E-state index contributed by atoms with van der Waals surface area (Å²) in [6.07, 6.45) is 0.